The number of alkyl halides is 3. The van der Waals surface area contributed by atoms with Crippen LogP contribution in [0.2, 0.25) is 0 Å². The minimum atomic E-state index is -4.65. The zero-order valence-electron chi connectivity index (χ0n) is 20.3. The number of amides is 1. The van der Waals surface area contributed by atoms with Gasteiger partial charge in [0, 0.05) is 30.5 Å². The molecule has 1 fully saturated rings. The highest BCUT2D eigenvalue weighted by Crippen LogP contribution is 2.34. The minimum Gasteiger partial charge on any atom is -0.451 e. The number of rotatable bonds is 6. The molecule has 12 heteroatoms. The number of para-hydroxylation sites is 1. The third-order valence-electron chi connectivity index (χ3n) is 6.25. The van der Waals surface area contributed by atoms with Crippen LogP contribution in [0.3, 0.4) is 0 Å². The smallest absolute Gasteiger partial charge is 0.416 e. The Bertz CT molecular complexity index is 1730. The van der Waals surface area contributed by atoms with Gasteiger partial charge in [-0.25, -0.2) is 8.42 Å². The molecule has 0 bridgehead atoms. The Labute approximate surface area is 221 Å². The zero-order chi connectivity index (χ0) is 27.8. The van der Waals surface area contributed by atoms with Crippen molar-refractivity contribution in [1.82, 2.24) is 0 Å². The third kappa shape index (κ3) is 5.60. The maximum Gasteiger partial charge on any atom is 0.416 e. The van der Waals surface area contributed by atoms with Gasteiger partial charge in [0.15, 0.2) is 11.2 Å². The van der Waals surface area contributed by atoms with E-state index < -0.39 is 33.1 Å². The second kappa shape index (κ2) is 10.1. The monoisotopic (exact) mass is 557 g/mol. The molecule has 0 saturated carbocycles. The van der Waals surface area contributed by atoms with Crippen LogP contribution in [-0.2, 0) is 16.2 Å². The maximum absolute atomic E-state index is 13.4. The minimum absolute atomic E-state index is 0.0863. The quantitative estimate of drug-likeness (QED) is 0.326. The summed E-state index contributed by atoms with van der Waals surface area (Å²) in [6.45, 7) is 1.19. The van der Waals surface area contributed by atoms with Crippen molar-refractivity contribution < 1.29 is 30.8 Å². The fourth-order valence-electron chi connectivity index (χ4n) is 4.40. The van der Waals surface area contributed by atoms with Crippen molar-refractivity contribution in [3.05, 3.63) is 94.3 Å². The van der Waals surface area contributed by atoms with Crippen LogP contribution in [0.4, 0.5) is 30.2 Å². The van der Waals surface area contributed by atoms with Gasteiger partial charge in [0.1, 0.15) is 10.5 Å². The number of nitrogens with one attached hydrogen (secondary N) is 2. The Hall–Kier alpha value is -4.32. The topological polar surface area (TPSA) is 109 Å². The normalized spacial score (nSPS) is 14.0. The Morgan fingerprint density at radius 1 is 0.897 bits per heavy atom. The van der Waals surface area contributed by atoms with Gasteiger partial charge in [0.25, 0.3) is 15.9 Å². The predicted octanol–water partition coefficient (Wildman–Crippen LogP) is 5.47. The Balaban J connectivity index is 1.49. The summed E-state index contributed by atoms with van der Waals surface area (Å²) in [5, 5.41) is 2.85. The average molecular weight is 558 g/mol. The lowest BCUT2D eigenvalue weighted by molar-refractivity contribution is -0.137. The molecule has 0 atom stereocenters. The van der Waals surface area contributed by atoms with E-state index in [9.17, 15) is 31.2 Å². The molecule has 5 rings (SSSR count). The van der Waals surface area contributed by atoms with Crippen molar-refractivity contribution in [3.8, 4) is 0 Å². The summed E-state index contributed by atoms with van der Waals surface area (Å²) in [7, 11) is -4.39. The van der Waals surface area contributed by atoms with E-state index in [4.69, 9.17) is 4.42 Å². The molecule has 1 aliphatic rings. The second-order valence-corrected chi connectivity index (χ2v) is 10.6. The van der Waals surface area contributed by atoms with Crippen molar-refractivity contribution in [2.24, 2.45) is 0 Å². The number of fused-ring (bicyclic) bond motifs is 1. The van der Waals surface area contributed by atoms with Gasteiger partial charge in [0.05, 0.1) is 16.6 Å². The largest absolute Gasteiger partial charge is 0.451 e. The first-order valence-corrected chi connectivity index (χ1v) is 13.4. The number of sulfonamides is 1. The molecule has 4 aromatic rings. The van der Waals surface area contributed by atoms with Crippen molar-refractivity contribution in [2.75, 3.05) is 28.0 Å². The van der Waals surface area contributed by atoms with Crippen molar-refractivity contribution in [2.45, 2.75) is 23.9 Å². The number of benzene rings is 3. The number of hydrogen-bond acceptors (Lipinski definition) is 6. The molecule has 39 heavy (non-hydrogen) atoms. The van der Waals surface area contributed by atoms with E-state index in [1.165, 1.54) is 24.3 Å². The number of nitrogens with zero attached hydrogens (tertiary/aromatic N) is 1. The summed E-state index contributed by atoms with van der Waals surface area (Å²) in [5.41, 5.74) is -1.02. The number of halogens is 3. The average Bonchev–Trinajstić information content (AvgIpc) is 3.43. The summed E-state index contributed by atoms with van der Waals surface area (Å²) < 4.78 is 74.2. The summed E-state index contributed by atoms with van der Waals surface area (Å²) in [6.07, 6.45) is -2.95. The highest BCUT2D eigenvalue weighted by atomic mass is 32.2. The molecular formula is C27H22F3N3O5S. The second-order valence-electron chi connectivity index (χ2n) is 8.99. The highest BCUT2D eigenvalue weighted by molar-refractivity contribution is 7.92. The van der Waals surface area contributed by atoms with Crippen LogP contribution >= 0.6 is 0 Å². The summed E-state index contributed by atoms with van der Waals surface area (Å²) in [5.74, 6) is -1.05. The number of carbonyl (C=O) groups is 1. The van der Waals surface area contributed by atoms with E-state index in [0.29, 0.717) is 30.2 Å². The Morgan fingerprint density at radius 2 is 1.64 bits per heavy atom. The van der Waals surface area contributed by atoms with E-state index in [-0.39, 0.29) is 27.6 Å². The first kappa shape index (κ1) is 26.3. The first-order chi connectivity index (χ1) is 18.5. The summed E-state index contributed by atoms with van der Waals surface area (Å²) >= 11 is 0. The van der Waals surface area contributed by atoms with Crippen molar-refractivity contribution in [3.63, 3.8) is 0 Å². The molecule has 1 saturated heterocycles. The van der Waals surface area contributed by atoms with Gasteiger partial charge >= 0.3 is 6.18 Å². The number of carbonyl (C=O) groups excluding carboxylic acids is 1. The van der Waals surface area contributed by atoms with Crippen LogP contribution in [0.1, 0.15) is 29.0 Å². The van der Waals surface area contributed by atoms with Crippen molar-refractivity contribution in [1.29, 1.82) is 0 Å². The predicted molar refractivity (Wildman–Crippen MR) is 141 cm³/mol. The molecule has 3 aromatic carbocycles. The van der Waals surface area contributed by atoms with Crippen LogP contribution in [0.15, 0.2) is 86.9 Å². The Morgan fingerprint density at radius 3 is 2.38 bits per heavy atom. The lowest BCUT2D eigenvalue weighted by atomic mass is 10.2. The molecule has 1 aliphatic heterocycles. The van der Waals surface area contributed by atoms with Crippen LogP contribution in [0.25, 0.3) is 11.0 Å². The van der Waals surface area contributed by atoms with Gasteiger partial charge < -0.3 is 14.6 Å². The van der Waals surface area contributed by atoms with Gasteiger partial charge in [-0.15, -0.1) is 0 Å². The SMILES string of the molecule is O=C(Nc1ccc(N2CCCC2)c(S(=O)(=O)Nc2cccc(C(F)(F)F)c2)c1)c1cc(=O)c2ccccc2o1. The van der Waals surface area contributed by atoms with Gasteiger partial charge in [0.2, 0.25) is 0 Å². The first-order valence-electron chi connectivity index (χ1n) is 11.9. The lowest BCUT2D eigenvalue weighted by Crippen LogP contribution is -2.23. The summed E-state index contributed by atoms with van der Waals surface area (Å²) in [4.78, 5) is 26.9. The molecular weight excluding hydrogens is 535 g/mol. The van der Waals surface area contributed by atoms with Gasteiger partial charge in [-0.2, -0.15) is 13.2 Å². The maximum atomic E-state index is 13.4. The van der Waals surface area contributed by atoms with Gasteiger partial charge in [-0.3, -0.25) is 14.3 Å². The molecule has 1 amide bonds. The van der Waals surface area contributed by atoms with Gasteiger partial charge in [-0.1, -0.05) is 18.2 Å². The highest BCUT2D eigenvalue weighted by Gasteiger charge is 2.31. The number of anilines is 3. The fourth-order valence-corrected chi connectivity index (χ4v) is 5.71. The lowest BCUT2D eigenvalue weighted by Gasteiger charge is -2.22. The van der Waals surface area contributed by atoms with E-state index >= 15 is 0 Å². The standard InChI is InChI=1S/C27H22F3N3O5S/c28-27(29,30)17-6-5-7-19(14-17)32-39(36,37)25-15-18(10-11-21(25)33-12-3-4-13-33)31-26(35)24-16-22(34)20-8-1-2-9-23(20)38-24/h1-2,5-11,14-16,32H,3-4,12-13H2,(H,31,35). The zero-order valence-corrected chi connectivity index (χ0v) is 21.1. The molecule has 0 spiro atoms. The van der Waals surface area contributed by atoms with Crippen molar-refractivity contribution >= 4 is 44.0 Å². The Kier molecular flexibility index (Phi) is 6.81. The molecule has 8 nitrogen and oxygen atoms in total. The molecule has 2 heterocycles. The fraction of sp³-hybridized carbons (Fsp3) is 0.185. The van der Waals surface area contributed by atoms with E-state index in [2.05, 4.69) is 10.0 Å². The van der Waals surface area contributed by atoms with E-state index in [1.807, 2.05) is 4.90 Å². The van der Waals surface area contributed by atoms with E-state index in [0.717, 1.165) is 31.0 Å². The summed E-state index contributed by atoms with van der Waals surface area (Å²) in [6, 6.07) is 15.6. The molecule has 0 unspecified atom stereocenters. The molecule has 2 N–H and O–H groups in total. The molecule has 0 aliphatic carbocycles. The van der Waals surface area contributed by atoms with E-state index in [1.54, 1.807) is 24.3 Å². The van der Waals surface area contributed by atoms with Crippen LogP contribution < -0.4 is 20.4 Å². The van der Waals surface area contributed by atoms with Crippen LogP contribution in [0.5, 0.6) is 0 Å². The molecule has 202 valence electrons. The number of hydrogen-bond donors (Lipinski definition) is 2. The van der Waals surface area contributed by atoms with Gasteiger partial charge in [-0.05, 0) is 61.4 Å². The molecule has 1 aromatic heterocycles. The molecule has 0 radical (unpaired) electrons. The van der Waals surface area contributed by atoms with Crippen LogP contribution in [0, 0.1) is 0 Å². The third-order valence-corrected chi connectivity index (χ3v) is 7.66. The van der Waals surface area contributed by atoms with Crippen LogP contribution in [-0.4, -0.2) is 27.4 Å².